The van der Waals surface area contributed by atoms with Crippen molar-refractivity contribution in [2.75, 3.05) is 18.4 Å². The number of likely N-dealkylation sites (tertiary alicyclic amines) is 1. The van der Waals surface area contributed by atoms with E-state index in [1.54, 1.807) is 11.3 Å². The number of benzene rings is 2. The van der Waals surface area contributed by atoms with E-state index in [9.17, 15) is 9.59 Å². The lowest BCUT2D eigenvalue weighted by atomic mass is 9.95. The number of anilines is 1. The van der Waals surface area contributed by atoms with Gasteiger partial charge in [0.2, 0.25) is 5.91 Å². The minimum absolute atomic E-state index is 0.0313. The van der Waals surface area contributed by atoms with Crippen molar-refractivity contribution in [2.45, 2.75) is 19.8 Å². The van der Waals surface area contributed by atoms with Gasteiger partial charge in [0.1, 0.15) is 0 Å². The summed E-state index contributed by atoms with van der Waals surface area (Å²) in [4.78, 5) is 30.1. The van der Waals surface area contributed by atoms with Crippen molar-refractivity contribution in [2.24, 2.45) is 5.92 Å². The Balaban J connectivity index is 1.20. The summed E-state index contributed by atoms with van der Waals surface area (Å²) in [6.45, 7) is 3.20. The van der Waals surface area contributed by atoms with Gasteiger partial charge in [0.25, 0.3) is 5.91 Å². The third-order valence-corrected chi connectivity index (χ3v) is 7.04. The van der Waals surface area contributed by atoms with Gasteiger partial charge in [-0.1, -0.05) is 36.4 Å². The second-order valence-corrected chi connectivity index (χ2v) is 9.45. The number of thiophene rings is 1. The van der Waals surface area contributed by atoms with Gasteiger partial charge < -0.3 is 10.2 Å². The summed E-state index contributed by atoms with van der Waals surface area (Å²) in [5.74, 6) is 0.396. The van der Waals surface area contributed by atoms with E-state index in [0.717, 1.165) is 26.9 Å². The molecule has 0 spiro atoms. The van der Waals surface area contributed by atoms with Crippen molar-refractivity contribution in [3.05, 3.63) is 71.1 Å². The number of aryl methyl sites for hydroxylation is 1. The SMILES string of the molecule is Cc1ccc(-c2cc(NC(=O)C3CCN(C(=O)c4cccc5ccccc45)CC3)n[nH]2)s1. The van der Waals surface area contributed by atoms with Crippen LogP contribution >= 0.6 is 11.3 Å². The number of amides is 2. The fraction of sp³-hybridized carbons (Fsp3) is 0.240. The molecule has 0 bridgehead atoms. The zero-order chi connectivity index (χ0) is 22.1. The van der Waals surface area contributed by atoms with E-state index in [2.05, 4.69) is 28.5 Å². The molecule has 3 heterocycles. The first-order valence-electron chi connectivity index (χ1n) is 10.8. The van der Waals surface area contributed by atoms with E-state index in [1.807, 2.05) is 59.5 Å². The van der Waals surface area contributed by atoms with E-state index in [0.29, 0.717) is 31.7 Å². The van der Waals surface area contributed by atoms with Gasteiger partial charge in [-0.25, -0.2) is 0 Å². The fourth-order valence-corrected chi connectivity index (χ4v) is 5.08. The molecule has 4 aromatic rings. The van der Waals surface area contributed by atoms with Crippen molar-refractivity contribution in [3.8, 4) is 10.6 Å². The molecule has 1 fully saturated rings. The highest BCUT2D eigenvalue weighted by Gasteiger charge is 2.28. The molecule has 0 atom stereocenters. The van der Waals surface area contributed by atoms with Crippen LogP contribution in [0.4, 0.5) is 5.82 Å². The molecule has 1 aliphatic heterocycles. The van der Waals surface area contributed by atoms with E-state index in [1.165, 1.54) is 4.88 Å². The van der Waals surface area contributed by atoms with Gasteiger partial charge in [0.05, 0.1) is 10.6 Å². The summed E-state index contributed by atoms with van der Waals surface area (Å²) < 4.78 is 0. The van der Waals surface area contributed by atoms with Gasteiger partial charge in [-0.15, -0.1) is 11.3 Å². The predicted molar refractivity (Wildman–Crippen MR) is 128 cm³/mol. The number of rotatable bonds is 4. The summed E-state index contributed by atoms with van der Waals surface area (Å²) in [5, 5.41) is 12.2. The zero-order valence-corrected chi connectivity index (χ0v) is 18.6. The Labute approximate surface area is 190 Å². The summed E-state index contributed by atoms with van der Waals surface area (Å²) >= 11 is 1.68. The van der Waals surface area contributed by atoms with Crippen LogP contribution in [0.5, 0.6) is 0 Å². The first-order valence-corrected chi connectivity index (χ1v) is 11.6. The van der Waals surface area contributed by atoms with Crippen LogP contribution in [-0.2, 0) is 4.79 Å². The monoisotopic (exact) mass is 444 g/mol. The molecule has 7 heteroatoms. The molecule has 0 unspecified atom stereocenters. The van der Waals surface area contributed by atoms with Gasteiger partial charge in [0, 0.05) is 35.5 Å². The maximum atomic E-state index is 13.1. The Hall–Kier alpha value is -3.45. The number of aromatic amines is 1. The van der Waals surface area contributed by atoms with Crippen LogP contribution in [0.1, 0.15) is 28.1 Å². The number of nitrogens with one attached hydrogen (secondary N) is 2. The minimum Gasteiger partial charge on any atom is -0.339 e. The van der Waals surface area contributed by atoms with Gasteiger partial charge >= 0.3 is 0 Å². The van der Waals surface area contributed by atoms with Crippen LogP contribution in [0.25, 0.3) is 21.3 Å². The Morgan fingerprint density at radius 2 is 1.84 bits per heavy atom. The molecule has 6 nitrogen and oxygen atoms in total. The summed E-state index contributed by atoms with van der Waals surface area (Å²) in [5.41, 5.74) is 1.62. The average molecular weight is 445 g/mol. The third kappa shape index (κ3) is 4.03. The third-order valence-electron chi connectivity index (χ3n) is 6.01. The van der Waals surface area contributed by atoms with Crippen molar-refractivity contribution in [3.63, 3.8) is 0 Å². The number of carbonyl (C=O) groups is 2. The van der Waals surface area contributed by atoms with Crippen molar-refractivity contribution >= 4 is 39.7 Å². The second kappa shape index (κ2) is 8.59. The van der Waals surface area contributed by atoms with Crippen molar-refractivity contribution in [1.29, 1.82) is 0 Å². The number of nitrogens with zero attached hydrogens (tertiary/aromatic N) is 2. The molecule has 2 amide bonds. The van der Waals surface area contributed by atoms with E-state index < -0.39 is 0 Å². The molecular weight excluding hydrogens is 420 g/mol. The van der Waals surface area contributed by atoms with E-state index in [4.69, 9.17) is 0 Å². The molecule has 5 rings (SSSR count). The number of piperidine rings is 1. The number of fused-ring (bicyclic) bond motifs is 1. The molecular formula is C25H24N4O2S. The van der Waals surface area contributed by atoms with Crippen LogP contribution in [0.15, 0.2) is 60.7 Å². The van der Waals surface area contributed by atoms with E-state index >= 15 is 0 Å². The molecule has 2 aromatic heterocycles. The normalized spacial score (nSPS) is 14.6. The lowest BCUT2D eigenvalue weighted by Crippen LogP contribution is -2.41. The zero-order valence-electron chi connectivity index (χ0n) is 17.8. The first-order chi connectivity index (χ1) is 15.6. The highest BCUT2D eigenvalue weighted by Crippen LogP contribution is 2.28. The van der Waals surface area contributed by atoms with Gasteiger partial charge in [-0.2, -0.15) is 5.10 Å². The molecule has 0 aliphatic carbocycles. The second-order valence-electron chi connectivity index (χ2n) is 8.16. The highest BCUT2D eigenvalue weighted by molar-refractivity contribution is 7.15. The van der Waals surface area contributed by atoms with Crippen molar-refractivity contribution < 1.29 is 9.59 Å². The van der Waals surface area contributed by atoms with Gasteiger partial charge in [0.15, 0.2) is 5.82 Å². The Bertz CT molecular complexity index is 1280. The van der Waals surface area contributed by atoms with E-state index in [-0.39, 0.29) is 17.7 Å². The summed E-state index contributed by atoms with van der Waals surface area (Å²) in [6.07, 6.45) is 1.29. The number of carbonyl (C=O) groups excluding carboxylic acids is 2. The Morgan fingerprint density at radius 3 is 2.62 bits per heavy atom. The minimum atomic E-state index is -0.129. The number of aromatic nitrogens is 2. The summed E-state index contributed by atoms with van der Waals surface area (Å²) in [7, 11) is 0. The molecule has 162 valence electrons. The molecule has 2 N–H and O–H groups in total. The number of hydrogen-bond donors (Lipinski definition) is 2. The molecule has 1 aliphatic rings. The average Bonchev–Trinajstić information content (AvgIpc) is 3.47. The smallest absolute Gasteiger partial charge is 0.254 e. The maximum Gasteiger partial charge on any atom is 0.254 e. The molecule has 1 saturated heterocycles. The first kappa shape index (κ1) is 20.5. The van der Waals surface area contributed by atoms with Crippen LogP contribution in [0.3, 0.4) is 0 Å². The van der Waals surface area contributed by atoms with Crippen LogP contribution < -0.4 is 5.32 Å². The highest BCUT2D eigenvalue weighted by atomic mass is 32.1. The molecule has 0 radical (unpaired) electrons. The quantitative estimate of drug-likeness (QED) is 0.460. The Morgan fingerprint density at radius 1 is 1.06 bits per heavy atom. The largest absolute Gasteiger partial charge is 0.339 e. The van der Waals surface area contributed by atoms with Crippen LogP contribution in [0, 0.1) is 12.8 Å². The Kier molecular flexibility index (Phi) is 5.49. The van der Waals surface area contributed by atoms with Gasteiger partial charge in [-0.3, -0.25) is 14.7 Å². The van der Waals surface area contributed by atoms with Crippen LogP contribution in [0.2, 0.25) is 0 Å². The number of H-pyrrole nitrogens is 1. The standard InChI is InChI=1S/C25H24N4O2S/c1-16-9-10-22(32-16)21-15-23(28-27-21)26-24(30)18-11-13-29(14-12-18)25(31)20-8-4-6-17-5-2-3-7-19(17)20/h2-10,15,18H,11-14H2,1H3,(H2,26,27,28,30). The fourth-order valence-electron chi connectivity index (χ4n) is 4.25. The predicted octanol–water partition coefficient (Wildman–Crippen LogP) is 5.09. The lowest BCUT2D eigenvalue weighted by Gasteiger charge is -2.31. The molecule has 32 heavy (non-hydrogen) atoms. The van der Waals surface area contributed by atoms with Crippen LogP contribution in [-0.4, -0.2) is 40.0 Å². The van der Waals surface area contributed by atoms with Gasteiger partial charge in [-0.05, 0) is 48.7 Å². The lowest BCUT2D eigenvalue weighted by molar-refractivity contribution is -0.121. The topological polar surface area (TPSA) is 78.1 Å². The van der Waals surface area contributed by atoms with Crippen molar-refractivity contribution in [1.82, 2.24) is 15.1 Å². The maximum absolute atomic E-state index is 13.1. The summed E-state index contributed by atoms with van der Waals surface area (Å²) in [6, 6.07) is 19.7. The molecule has 0 saturated carbocycles. The molecule has 2 aromatic carbocycles. The number of hydrogen-bond acceptors (Lipinski definition) is 4.